The molecule has 1 heterocycles. The summed E-state index contributed by atoms with van der Waals surface area (Å²) >= 11 is 0. The first-order valence-corrected chi connectivity index (χ1v) is 12.4. The molecule has 1 unspecified atom stereocenters. The SMILES string of the molecule is CCCOc1ccc(NC(=O)CC2C(=O)N(c3cccc(OC)c3)C(=O)N2Cc2ccc(OC)cc2)cc1. The van der Waals surface area contributed by atoms with Crippen LogP contribution in [0.25, 0.3) is 0 Å². The van der Waals surface area contributed by atoms with E-state index in [-0.39, 0.29) is 18.9 Å². The largest absolute Gasteiger partial charge is 0.497 e. The Morgan fingerprint density at radius 3 is 2.24 bits per heavy atom. The number of imide groups is 1. The molecule has 198 valence electrons. The van der Waals surface area contributed by atoms with Crippen LogP contribution in [-0.2, 0) is 16.1 Å². The lowest BCUT2D eigenvalue weighted by Crippen LogP contribution is -2.37. The molecule has 3 aromatic rings. The average Bonchev–Trinajstić information content (AvgIpc) is 3.16. The third kappa shape index (κ3) is 6.05. The van der Waals surface area contributed by atoms with Crippen molar-refractivity contribution in [2.45, 2.75) is 32.4 Å². The first-order chi connectivity index (χ1) is 18.4. The molecule has 1 aliphatic rings. The van der Waals surface area contributed by atoms with E-state index >= 15 is 0 Å². The quantitative estimate of drug-likeness (QED) is 0.365. The standard InChI is InChI=1S/C29H31N3O6/c1-4-16-38-24-14-10-21(11-15-24)30-27(33)18-26-28(34)32(22-6-5-7-25(17-22)37-3)29(35)31(26)19-20-8-12-23(36-2)13-9-20/h5-15,17,26H,4,16,18-19H2,1-3H3,(H,30,33). The van der Waals surface area contributed by atoms with Crippen LogP contribution in [0.1, 0.15) is 25.3 Å². The number of carbonyl (C=O) groups excluding carboxylic acids is 3. The Morgan fingerprint density at radius 2 is 1.58 bits per heavy atom. The maximum absolute atomic E-state index is 13.6. The first-order valence-electron chi connectivity index (χ1n) is 12.4. The number of nitrogens with zero attached hydrogens (tertiary/aromatic N) is 2. The second kappa shape index (κ2) is 12.1. The van der Waals surface area contributed by atoms with Crippen LogP contribution >= 0.6 is 0 Å². The van der Waals surface area contributed by atoms with E-state index in [1.54, 1.807) is 67.8 Å². The Kier molecular flexibility index (Phi) is 8.47. The van der Waals surface area contributed by atoms with Crippen LogP contribution in [-0.4, -0.2) is 49.6 Å². The van der Waals surface area contributed by atoms with Crippen molar-refractivity contribution in [3.63, 3.8) is 0 Å². The smallest absolute Gasteiger partial charge is 0.332 e. The van der Waals surface area contributed by atoms with Crippen molar-refractivity contribution in [1.29, 1.82) is 0 Å². The molecule has 38 heavy (non-hydrogen) atoms. The zero-order chi connectivity index (χ0) is 27.1. The zero-order valence-corrected chi connectivity index (χ0v) is 21.7. The minimum atomic E-state index is -0.983. The summed E-state index contributed by atoms with van der Waals surface area (Å²) in [5.74, 6) is 1.04. The fourth-order valence-electron chi connectivity index (χ4n) is 4.17. The summed E-state index contributed by atoms with van der Waals surface area (Å²) in [5.41, 5.74) is 1.75. The van der Waals surface area contributed by atoms with E-state index in [1.165, 1.54) is 12.0 Å². The molecule has 3 aromatic carbocycles. The van der Waals surface area contributed by atoms with Gasteiger partial charge in [-0.25, -0.2) is 9.69 Å². The molecule has 4 amide bonds. The average molecular weight is 518 g/mol. The number of anilines is 2. The first kappa shape index (κ1) is 26.5. The van der Waals surface area contributed by atoms with E-state index in [0.717, 1.165) is 16.9 Å². The van der Waals surface area contributed by atoms with Crippen molar-refractivity contribution in [1.82, 2.24) is 4.90 Å². The fraction of sp³-hybridized carbons (Fsp3) is 0.276. The van der Waals surface area contributed by atoms with Gasteiger partial charge in [-0.2, -0.15) is 0 Å². The maximum Gasteiger partial charge on any atom is 0.332 e. The van der Waals surface area contributed by atoms with Gasteiger partial charge in [0.1, 0.15) is 23.3 Å². The van der Waals surface area contributed by atoms with Gasteiger partial charge in [0.15, 0.2) is 0 Å². The molecule has 0 aromatic heterocycles. The Balaban J connectivity index is 1.55. The van der Waals surface area contributed by atoms with Gasteiger partial charge in [0.05, 0.1) is 32.9 Å². The molecule has 1 fully saturated rings. The van der Waals surface area contributed by atoms with E-state index in [0.29, 0.717) is 35.2 Å². The van der Waals surface area contributed by atoms with Crippen LogP contribution in [0.15, 0.2) is 72.8 Å². The Hall–Kier alpha value is -4.53. The monoisotopic (exact) mass is 517 g/mol. The summed E-state index contributed by atoms with van der Waals surface area (Å²) in [6, 6.07) is 19.5. The molecule has 1 N–H and O–H groups in total. The Bertz CT molecular complexity index is 1280. The van der Waals surface area contributed by atoms with Gasteiger partial charge in [0.2, 0.25) is 5.91 Å². The summed E-state index contributed by atoms with van der Waals surface area (Å²) in [6.45, 7) is 2.78. The number of hydrogen-bond donors (Lipinski definition) is 1. The minimum absolute atomic E-state index is 0.149. The Labute approximate surface area is 221 Å². The molecule has 0 radical (unpaired) electrons. The van der Waals surface area contributed by atoms with E-state index < -0.39 is 18.0 Å². The van der Waals surface area contributed by atoms with Gasteiger partial charge in [-0.05, 0) is 60.5 Å². The lowest BCUT2D eigenvalue weighted by molar-refractivity contribution is -0.124. The summed E-state index contributed by atoms with van der Waals surface area (Å²) in [4.78, 5) is 42.6. The van der Waals surface area contributed by atoms with Crippen molar-refractivity contribution in [2.24, 2.45) is 0 Å². The molecule has 0 spiro atoms. The number of hydrogen-bond acceptors (Lipinski definition) is 6. The summed E-state index contributed by atoms with van der Waals surface area (Å²) < 4.78 is 16.1. The van der Waals surface area contributed by atoms with Gasteiger partial charge in [-0.1, -0.05) is 25.1 Å². The molecule has 0 saturated carbocycles. The number of rotatable bonds is 11. The molecular weight excluding hydrogens is 486 g/mol. The van der Waals surface area contributed by atoms with Crippen LogP contribution in [0.5, 0.6) is 17.2 Å². The lowest BCUT2D eigenvalue weighted by Gasteiger charge is -2.22. The summed E-state index contributed by atoms with van der Waals surface area (Å²) in [6.07, 6.45) is 0.696. The number of nitrogens with one attached hydrogen (secondary N) is 1. The highest BCUT2D eigenvalue weighted by Crippen LogP contribution is 2.31. The van der Waals surface area contributed by atoms with Gasteiger partial charge in [0.25, 0.3) is 5.91 Å². The molecule has 0 bridgehead atoms. The number of ether oxygens (including phenoxy) is 3. The predicted octanol–water partition coefficient (Wildman–Crippen LogP) is 4.86. The fourth-order valence-corrected chi connectivity index (χ4v) is 4.17. The number of urea groups is 1. The van der Waals surface area contributed by atoms with Crippen LogP contribution in [0.4, 0.5) is 16.2 Å². The Morgan fingerprint density at radius 1 is 0.895 bits per heavy atom. The molecular formula is C29H31N3O6. The molecule has 1 atom stereocenters. The van der Waals surface area contributed by atoms with Crippen LogP contribution < -0.4 is 24.4 Å². The molecule has 9 nitrogen and oxygen atoms in total. The third-order valence-electron chi connectivity index (χ3n) is 6.13. The molecule has 0 aliphatic carbocycles. The van der Waals surface area contributed by atoms with Gasteiger partial charge in [-0.3, -0.25) is 9.59 Å². The van der Waals surface area contributed by atoms with Gasteiger partial charge in [0, 0.05) is 18.3 Å². The zero-order valence-electron chi connectivity index (χ0n) is 21.7. The van der Waals surface area contributed by atoms with E-state index in [1.807, 2.05) is 19.1 Å². The number of methoxy groups -OCH3 is 2. The van der Waals surface area contributed by atoms with Crippen LogP contribution in [0.3, 0.4) is 0 Å². The normalized spacial score (nSPS) is 15.0. The topological polar surface area (TPSA) is 97.4 Å². The second-order valence-corrected chi connectivity index (χ2v) is 8.77. The van der Waals surface area contributed by atoms with Crippen molar-refractivity contribution in [2.75, 3.05) is 31.0 Å². The third-order valence-corrected chi connectivity index (χ3v) is 6.13. The molecule has 9 heteroatoms. The van der Waals surface area contributed by atoms with E-state index in [2.05, 4.69) is 5.32 Å². The molecule has 1 saturated heterocycles. The molecule has 4 rings (SSSR count). The highest BCUT2D eigenvalue weighted by atomic mass is 16.5. The number of amides is 4. The highest BCUT2D eigenvalue weighted by molar-refractivity contribution is 6.22. The van der Waals surface area contributed by atoms with Crippen molar-refractivity contribution in [3.05, 3.63) is 78.4 Å². The predicted molar refractivity (Wildman–Crippen MR) is 144 cm³/mol. The van der Waals surface area contributed by atoms with Crippen LogP contribution in [0.2, 0.25) is 0 Å². The van der Waals surface area contributed by atoms with Crippen molar-refractivity contribution in [3.8, 4) is 17.2 Å². The van der Waals surface area contributed by atoms with E-state index in [4.69, 9.17) is 14.2 Å². The van der Waals surface area contributed by atoms with Crippen molar-refractivity contribution < 1.29 is 28.6 Å². The van der Waals surface area contributed by atoms with Gasteiger partial charge >= 0.3 is 6.03 Å². The number of benzene rings is 3. The minimum Gasteiger partial charge on any atom is -0.497 e. The van der Waals surface area contributed by atoms with E-state index in [9.17, 15) is 14.4 Å². The summed E-state index contributed by atoms with van der Waals surface area (Å²) in [5, 5.41) is 2.82. The van der Waals surface area contributed by atoms with Gasteiger partial charge < -0.3 is 24.4 Å². The second-order valence-electron chi connectivity index (χ2n) is 8.77. The van der Waals surface area contributed by atoms with Crippen LogP contribution in [0, 0.1) is 0 Å². The lowest BCUT2D eigenvalue weighted by atomic mass is 10.1. The highest BCUT2D eigenvalue weighted by Gasteiger charge is 2.46. The number of carbonyl (C=O) groups is 3. The van der Waals surface area contributed by atoms with Gasteiger partial charge in [-0.15, -0.1) is 0 Å². The van der Waals surface area contributed by atoms with Crippen molar-refractivity contribution >= 4 is 29.2 Å². The maximum atomic E-state index is 13.6. The molecule has 1 aliphatic heterocycles. The summed E-state index contributed by atoms with van der Waals surface area (Å²) in [7, 11) is 3.09.